The van der Waals surface area contributed by atoms with Crippen LogP contribution in [0, 0.1) is 6.92 Å². The SMILES string of the molecule is CCC(CSC)N(C)C(=O)c1cc(C)nc(Cl)c1. The second-order valence-electron chi connectivity index (χ2n) is 4.25. The third kappa shape index (κ3) is 3.89. The molecule has 0 fully saturated rings. The number of amides is 1. The zero-order chi connectivity index (χ0) is 13.7. The summed E-state index contributed by atoms with van der Waals surface area (Å²) < 4.78 is 0. The van der Waals surface area contributed by atoms with Crippen molar-refractivity contribution < 1.29 is 4.79 Å². The van der Waals surface area contributed by atoms with E-state index in [1.54, 1.807) is 28.8 Å². The Morgan fingerprint density at radius 3 is 2.72 bits per heavy atom. The van der Waals surface area contributed by atoms with Gasteiger partial charge in [-0.05, 0) is 31.7 Å². The molecule has 1 heterocycles. The smallest absolute Gasteiger partial charge is 0.254 e. The van der Waals surface area contributed by atoms with Crippen molar-refractivity contribution in [1.82, 2.24) is 9.88 Å². The minimum Gasteiger partial charge on any atom is -0.338 e. The van der Waals surface area contributed by atoms with Gasteiger partial charge < -0.3 is 4.90 Å². The Bertz CT molecular complexity index is 405. The molecule has 0 bridgehead atoms. The Labute approximate surface area is 118 Å². The maximum atomic E-state index is 12.4. The van der Waals surface area contributed by atoms with E-state index in [0.717, 1.165) is 17.9 Å². The average molecular weight is 287 g/mol. The molecule has 18 heavy (non-hydrogen) atoms. The highest BCUT2D eigenvalue weighted by Crippen LogP contribution is 2.15. The van der Waals surface area contributed by atoms with Crippen LogP contribution in [0.3, 0.4) is 0 Å². The second kappa shape index (κ2) is 7.00. The van der Waals surface area contributed by atoms with Crippen molar-refractivity contribution in [1.29, 1.82) is 0 Å². The Kier molecular flexibility index (Phi) is 5.96. The lowest BCUT2D eigenvalue weighted by Gasteiger charge is -2.27. The van der Waals surface area contributed by atoms with E-state index in [2.05, 4.69) is 18.2 Å². The Morgan fingerprint density at radius 1 is 1.56 bits per heavy atom. The summed E-state index contributed by atoms with van der Waals surface area (Å²) in [6, 6.07) is 3.65. The second-order valence-corrected chi connectivity index (χ2v) is 5.55. The van der Waals surface area contributed by atoms with Gasteiger partial charge in [0, 0.05) is 30.1 Å². The van der Waals surface area contributed by atoms with E-state index < -0.39 is 0 Å². The third-order valence-corrected chi connectivity index (χ3v) is 3.78. The molecule has 1 atom stereocenters. The van der Waals surface area contributed by atoms with Gasteiger partial charge in [-0.3, -0.25) is 4.79 Å². The van der Waals surface area contributed by atoms with E-state index in [9.17, 15) is 4.79 Å². The summed E-state index contributed by atoms with van der Waals surface area (Å²) in [5.74, 6) is 0.944. The minimum absolute atomic E-state index is 0.00306. The van der Waals surface area contributed by atoms with Crippen molar-refractivity contribution in [2.45, 2.75) is 26.3 Å². The quantitative estimate of drug-likeness (QED) is 0.779. The number of nitrogens with zero attached hydrogens (tertiary/aromatic N) is 2. The van der Waals surface area contributed by atoms with Gasteiger partial charge in [-0.25, -0.2) is 4.98 Å². The molecule has 0 N–H and O–H groups in total. The molecule has 1 amide bonds. The number of thioether (sulfide) groups is 1. The normalized spacial score (nSPS) is 12.3. The third-order valence-electron chi connectivity index (χ3n) is 2.87. The van der Waals surface area contributed by atoms with Crippen molar-refractivity contribution in [2.75, 3.05) is 19.1 Å². The van der Waals surface area contributed by atoms with Crippen LogP contribution in [0.4, 0.5) is 0 Å². The van der Waals surface area contributed by atoms with E-state index in [1.807, 2.05) is 14.0 Å². The molecule has 0 saturated carbocycles. The molecule has 1 unspecified atom stereocenters. The fraction of sp³-hybridized carbons (Fsp3) is 0.538. The highest BCUT2D eigenvalue weighted by Gasteiger charge is 2.20. The van der Waals surface area contributed by atoms with E-state index in [-0.39, 0.29) is 11.9 Å². The number of aromatic nitrogens is 1. The molecule has 1 aromatic rings. The van der Waals surface area contributed by atoms with Crippen LogP contribution in [-0.4, -0.2) is 40.9 Å². The molecule has 0 aliphatic carbocycles. The van der Waals surface area contributed by atoms with Crippen LogP contribution in [0.5, 0.6) is 0 Å². The maximum absolute atomic E-state index is 12.4. The van der Waals surface area contributed by atoms with Gasteiger partial charge >= 0.3 is 0 Å². The van der Waals surface area contributed by atoms with Crippen molar-refractivity contribution in [2.24, 2.45) is 0 Å². The number of carbonyl (C=O) groups excluding carboxylic acids is 1. The number of rotatable bonds is 5. The van der Waals surface area contributed by atoms with Gasteiger partial charge in [-0.1, -0.05) is 18.5 Å². The molecule has 100 valence electrons. The van der Waals surface area contributed by atoms with Crippen molar-refractivity contribution in [3.8, 4) is 0 Å². The summed E-state index contributed by atoms with van der Waals surface area (Å²) >= 11 is 7.64. The van der Waals surface area contributed by atoms with E-state index in [4.69, 9.17) is 11.6 Å². The molecular weight excluding hydrogens is 268 g/mol. The first-order valence-corrected chi connectivity index (χ1v) is 7.67. The standard InChI is InChI=1S/C13H19ClN2OS/c1-5-11(8-18-4)16(3)13(17)10-6-9(2)15-12(14)7-10/h6-7,11H,5,8H2,1-4H3. The first-order chi connectivity index (χ1) is 8.49. The van der Waals surface area contributed by atoms with Crippen molar-refractivity contribution in [3.05, 3.63) is 28.5 Å². The lowest BCUT2D eigenvalue weighted by atomic mass is 10.1. The first kappa shape index (κ1) is 15.3. The molecule has 0 aliphatic rings. The largest absolute Gasteiger partial charge is 0.338 e. The Morgan fingerprint density at radius 2 is 2.22 bits per heavy atom. The van der Waals surface area contributed by atoms with Crippen LogP contribution >= 0.6 is 23.4 Å². The molecule has 3 nitrogen and oxygen atoms in total. The summed E-state index contributed by atoms with van der Waals surface area (Å²) in [6.45, 7) is 3.93. The van der Waals surface area contributed by atoms with Crippen LogP contribution in [0.2, 0.25) is 5.15 Å². The fourth-order valence-electron chi connectivity index (χ4n) is 1.82. The molecule has 1 rings (SSSR count). The van der Waals surface area contributed by atoms with E-state index >= 15 is 0 Å². The zero-order valence-corrected chi connectivity index (χ0v) is 12.8. The average Bonchev–Trinajstić information content (AvgIpc) is 2.33. The van der Waals surface area contributed by atoms with Gasteiger partial charge in [0.15, 0.2) is 0 Å². The fourth-order valence-corrected chi connectivity index (χ4v) is 2.91. The molecule has 0 aliphatic heterocycles. The molecule has 5 heteroatoms. The number of carbonyl (C=O) groups is 1. The molecule has 1 aromatic heterocycles. The number of halogens is 1. The molecule has 0 aromatic carbocycles. The van der Waals surface area contributed by atoms with Crippen molar-refractivity contribution >= 4 is 29.3 Å². The molecule has 0 spiro atoms. The topological polar surface area (TPSA) is 33.2 Å². The summed E-state index contributed by atoms with van der Waals surface area (Å²) in [4.78, 5) is 18.2. The van der Waals surface area contributed by atoms with Gasteiger partial charge in [0.05, 0.1) is 0 Å². The lowest BCUT2D eigenvalue weighted by molar-refractivity contribution is 0.0743. The monoisotopic (exact) mass is 286 g/mol. The highest BCUT2D eigenvalue weighted by atomic mass is 35.5. The van der Waals surface area contributed by atoms with Gasteiger partial charge in [-0.15, -0.1) is 0 Å². The molecule has 0 radical (unpaired) electrons. The van der Waals surface area contributed by atoms with Crippen LogP contribution in [0.15, 0.2) is 12.1 Å². The van der Waals surface area contributed by atoms with Crippen molar-refractivity contribution in [3.63, 3.8) is 0 Å². The predicted molar refractivity (Wildman–Crippen MR) is 78.5 cm³/mol. The van der Waals surface area contributed by atoms with Crippen LogP contribution in [0.1, 0.15) is 29.4 Å². The summed E-state index contributed by atoms with van der Waals surface area (Å²) in [7, 11) is 1.84. The zero-order valence-electron chi connectivity index (χ0n) is 11.2. The van der Waals surface area contributed by atoms with Gasteiger partial charge in [0.25, 0.3) is 5.91 Å². The number of hydrogen-bond donors (Lipinski definition) is 0. The van der Waals surface area contributed by atoms with E-state index in [0.29, 0.717) is 10.7 Å². The van der Waals surface area contributed by atoms with Gasteiger partial charge in [0.2, 0.25) is 0 Å². The number of aryl methyl sites for hydroxylation is 1. The number of hydrogen-bond acceptors (Lipinski definition) is 3. The molecular formula is C13H19ClN2OS. The van der Waals surface area contributed by atoms with Crippen LogP contribution in [-0.2, 0) is 0 Å². The predicted octanol–water partition coefficient (Wildman–Crippen LogP) is 3.26. The lowest BCUT2D eigenvalue weighted by Crippen LogP contribution is -2.38. The summed E-state index contributed by atoms with van der Waals surface area (Å²) in [6.07, 6.45) is 3.00. The summed E-state index contributed by atoms with van der Waals surface area (Å²) in [5, 5.41) is 0.365. The van der Waals surface area contributed by atoms with Crippen LogP contribution < -0.4 is 0 Å². The van der Waals surface area contributed by atoms with Crippen LogP contribution in [0.25, 0.3) is 0 Å². The molecule has 0 saturated heterocycles. The maximum Gasteiger partial charge on any atom is 0.254 e. The number of pyridine rings is 1. The Hall–Kier alpha value is -0.740. The first-order valence-electron chi connectivity index (χ1n) is 5.89. The highest BCUT2D eigenvalue weighted by molar-refractivity contribution is 7.98. The Balaban J connectivity index is 2.91. The van der Waals surface area contributed by atoms with E-state index in [1.165, 1.54) is 0 Å². The minimum atomic E-state index is 0.00306. The summed E-state index contributed by atoms with van der Waals surface area (Å²) in [5.41, 5.74) is 1.37. The van der Waals surface area contributed by atoms with Gasteiger partial charge in [0.1, 0.15) is 5.15 Å². The van der Waals surface area contributed by atoms with Gasteiger partial charge in [-0.2, -0.15) is 11.8 Å².